The van der Waals surface area contributed by atoms with Crippen LogP contribution in [0.25, 0.3) is 0 Å². The second-order valence-electron chi connectivity index (χ2n) is 4.22. The highest BCUT2D eigenvalue weighted by molar-refractivity contribution is 5.88. The number of methoxy groups -OCH3 is 1. The van der Waals surface area contributed by atoms with Crippen LogP contribution < -0.4 is 0 Å². The van der Waals surface area contributed by atoms with Crippen LogP contribution in [0.15, 0.2) is 18.3 Å². The minimum atomic E-state index is -1.17. The highest BCUT2D eigenvalue weighted by Gasteiger charge is 2.43. The first-order chi connectivity index (χ1) is 9.08. The fourth-order valence-corrected chi connectivity index (χ4v) is 1.96. The molecule has 0 saturated carbocycles. The zero-order chi connectivity index (χ0) is 14.0. The zero-order valence-electron chi connectivity index (χ0n) is 10.3. The summed E-state index contributed by atoms with van der Waals surface area (Å²) in [6, 6.07) is 3.00. The van der Waals surface area contributed by atoms with E-state index in [-0.39, 0.29) is 5.56 Å². The van der Waals surface area contributed by atoms with Crippen molar-refractivity contribution < 1.29 is 29.6 Å². The van der Waals surface area contributed by atoms with Crippen molar-refractivity contribution in [2.24, 2.45) is 0 Å². The van der Waals surface area contributed by atoms with Crippen molar-refractivity contribution in [2.75, 3.05) is 13.7 Å². The van der Waals surface area contributed by atoms with Crippen molar-refractivity contribution in [1.29, 1.82) is 0 Å². The van der Waals surface area contributed by atoms with E-state index in [0.717, 1.165) is 0 Å². The quantitative estimate of drug-likeness (QED) is 0.605. The van der Waals surface area contributed by atoms with Crippen LogP contribution in [-0.2, 0) is 9.47 Å². The standard InChI is InChI=1S/C12H15NO6/c1-18-12(17)6-2-3-7(13-4-6)11-10(16)9(15)8(5-14)19-11/h2-4,8-11,14-16H,5H2,1H3/t8-,9-,10-,11+/m1/s1. The van der Waals surface area contributed by atoms with Gasteiger partial charge in [0.1, 0.15) is 24.4 Å². The summed E-state index contributed by atoms with van der Waals surface area (Å²) in [6.07, 6.45) is -2.72. The molecule has 1 aliphatic heterocycles. The minimum Gasteiger partial charge on any atom is -0.465 e. The highest BCUT2D eigenvalue weighted by atomic mass is 16.6. The number of nitrogens with zero attached hydrogens (tertiary/aromatic N) is 1. The Morgan fingerprint density at radius 1 is 1.42 bits per heavy atom. The molecule has 2 rings (SSSR count). The molecule has 1 aromatic rings. The van der Waals surface area contributed by atoms with Gasteiger partial charge in [-0.3, -0.25) is 4.98 Å². The molecular formula is C12H15NO6. The van der Waals surface area contributed by atoms with Gasteiger partial charge >= 0.3 is 5.97 Å². The van der Waals surface area contributed by atoms with Crippen molar-refractivity contribution in [3.05, 3.63) is 29.6 Å². The number of carbonyl (C=O) groups is 1. The van der Waals surface area contributed by atoms with E-state index in [1.807, 2.05) is 0 Å². The topological polar surface area (TPSA) is 109 Å². The van der Waals surface area contributed by atoms with E-state index in [1.54, 1.807) is 0 Å². The van der Waals surface area contributed by atoms with E-state index in [9.17, 15) is 15.0 Å². The van der Waals surface area contributed by atoms with Gasteiger partial charge < -0.3 is 24.8 Å². The van der Waals surface area contributed by atoms with E-state index in [1.165, 1.54) is 25.4 Å². The molecule has 0 unspecified atom stereocenters. The number of hydrogen-bond donors (Lipinski definition) is 3. The lowest BCUT2D eigenvalue weighted by atomic mass is 10.1. The molecule has 4 atom stereocenters. The van der Waals surface area contributed by atoms with Gasteiger partial charge in [0.05, 0.1) is 25.0 Å². The third-order valence-electron chi connectivity index (χ3n) is 3.04. The Labute approximate surface area is 109 Å². The molecule has 2 heterocycles. The predicted octanol–water partition coefficient (Wildman–Crippen LogP) is -0.978. The Balaban J connectivity index is 2.17. The Kier molecular flexibility index (Phi) is 4.11. The maximum Gasteiger partial charge on any atom is 0.339 e. The van der Waals surface area contributed by atoms with Gasteiger partial charge in [-0.2, -0.15) is 0 Å². The third-order valence-corrected chi connectivity index (χ3v) is 3.04. The molecule has 19 heavy (non-hydrogen) atoms. The molecule has 0 bridgehead atoms. The van der Waals surface area contributed by atoms with Crippen LogP contribution in [0.3, 0.4) is 0 Å². The van der Waals surface area contributed by atoms with Crippen LogP contribution in [0.5, 0.6) is 0 Å². The molecule has 0 spiro atoms. The molecule has 104 valence electrons. The molecule has 7 nitrogen and oxygen atoms in total. The second kappa shape index (κ2) is 5.62. The van der Waals surface area contributed by atoms with Crippen LogP contribution in [-0.4, -0.2) is 58.3 Å². The molecule has 1 aliphatic rings. The molecule has 1 saturated heterocycles. The highest BCUT2D eigenvalue weighted by Crippen LogP contribution is 2.32. The normalized spacial score (nSPS) is 30.3. The van der Waals surface area contributed by atoms with Gasteiger partial charge in [0.25, 0.3) is 0 Å². The fraction of sp³-hybridized carbons (Fsp3) is 0.500. The number of aliphatic hydroxyl groups is 3. The Morgan fingerprint density at radius 3 is 2.63 bits per heavy atom. The summed E-state index contributed by atoms with van der Waals surface area (Å²) >= 11 is 0. The molecular weight excluding hydrogens is 254 g/mol. The SMILES string of the molecule is COC(=O)c1ccc([C@@H]2O[C@H](CO)[C@@H](O)[C@H]2O)nc1. The second-order valence-corrected chi connectivity index (χ2v) is 4.22. The summed E-state index contributed by atoms with van der Waals surface area (Å²) in [7, 11) is 1.27. The van der Waals surface area contributed by atoms with Gasteiger partial charge in [0.2, 0.25) is 0 Å². The molecule has 0 aromatic carbocycles. The van der Waals surface area contributed by atoms with Gasteiger partial charge in [-0.25, -0.2) is 4.79 Å². The first-order valence-electron chi connectivity index (χ1n) is 5.75. The number of hydrogen-bond acceptors (Lipinski definition) is 7. The number of ether oxygens (including phenoxy) is 2. The number of rotatable bonds is 3. The van der Waals surface area contributed by atoms with Crippen LogP contribution in [0, 0.1) is 0 Å². The monoisotopic (exact) mass is 269 g/mol. The smallest absolute Gasteiger partial charge is 0.339 e. The van der Waals surface area contributed by atoms with Crippen molar-refractivity contribution in [1.82, 2.24) is 4.98 Å². The number of carbonyl (C=O) groups excluding carboxylic acids is 1. The molecule has 1 aromatic heterocycles. The van der Waals surface area contributed by atoms with Crippen LogP contribution in [0.4, 0.5) is 0 Å². The van der Waals surface area contributed by atoms with Gasteiger partial charge in [-0.05, 0) is 12.1 Å². The van der Waals surface area contributed by atoms with E-state index >= 15 is 0 Å². The summed E-state index contributed by atoms with van der Waals surface area (Å²) < 4.78 is 9.86. The van der Waals surface area contributed by atoms with Crippen molar-refractivity contribution in [3.63, 3.8) is 0 Å². The molecule has 0 radical (unpaired) electrons. The van der Waals surface area contributed by atoms with Crippen molar-refractivity contribution in [3.8, 4) is 0 Å². The first kappa shape index (κ1) is 13.9. The number of pyridine rings is 1. The molecule has 7 heteroatoms. The number of aromatic nitrogens is 1. The number of esters is 1. The summed E-state index contributed by atoms with van der Waals surface area (Å²) in [5.74, 6) is -0.514. The van der Waals surface area contributed by atoms with Crippen LogP contribution in [0.2, 0.25) is 0 Å². The lowest BCUT2D eigenvalue weighted by molar-refractivity contribution is -0.0239. The van der Waals surface area contributed by atoms with E-state index in [0.29, 0.717) is 5.69 Å². The maximum atomic E-state index is 11.2. The summed E-state index contributed by atoms with van der Waals surface area (Å²) in [6.45, 7) is -0.394. The van der Waals surface area contributed by atoms with Crippen molar-refractivity contribution in [2.45, 2.75) is 24.4 Å². The summed E-state index contributed by atoms with van der Waals surface area (Å²) in [4.78, 5) is 15.2. The van der Waals surface area contributed by atoms with Crippen LogP contribution >= 0.6 is 0 Å². The van der Waals surface area contributed by atoms with E-state index in [2.05, 4.69) is 9.72 Å². The number of aliphatic hydroxyl groups excluding tert-OH is 3. The summed E-state index contributed by atoms with van der Waals surface area (Å²) in [5.41, 5.74) is 0.646. The Bertz CT molecular complexity index is 448. The lowest BCUT2D eigenvalue weighted by Gasteiger charge is -2.14. The average Bonchev–Trinajstić information content (AvgIpc) is 2.74. The minimum absolute atomic E-state index is 0.276. The Morgan fingerprint density at radius 2 is 2.16 bits per heavy atom. The van der Waals surface area contributed by atoms with Crippen LogP contribution in [0.1, 0.15) is 22.2 Å². The van der Waals surface area contributed by atoms with E-state index in [4.69, 9.17) is 9.84 Å². The van der Waals surface area contributed by atoms with Crippen molar-refractivity contribution >= 4 is 5.97 Å². The molecule has 0 aliphatic carbocycles. The predicted molar refractivity (Wildman–Crippen MR) is 62.3 cm³/mol. The van der Waals surface area contributed by atoms with Gasteiger partial charge in [-0.15, -0.1) is 0 Å². The first-order valence-corrected chi connectivity index (χ1v) is 5.75. The lowest BCUT2D eigenvalue weighted by Crippen LogP contribution is -2.32. The maximum absolute atomic E-state index is 11.2. The molecule has 0 amide bonds. The molecule has 3 N–H and O–H groups in total. The third kappa shape index (κ3) is 2.59. The van der Waals surface area contributed by atoms with Gasteiger partial charge in [-0.1, -0.05) is 0 Å². The summed E-state index contributed by atoms with van der Waals surface area (Å²) in [5, 5.41) is 28.4. The van der Waals surface area contributed by atoms with Gasteiger partial charge in [0, 0.05) is 6.20 Å². The average molecular weight is 269 g/mol. The zero-order valence-corrected chi connectivity index (χ0v) is 10.3. The fourth-order valence-electron chi connectivity index (χ4n) is 1.96. The molecule has 1 fully saturated rings. The van der Waals surface area contributed by atoms with E-state index < -0.39 is 37.0 Å². The van der Waals surface area contributed by atoms with Gasteiger partial charge in [0.15, 0.2) is 0 Å². The largest absolute Gasteiger partial charge is 0.465 e. The Hall–Kier alpha value is -1.54.